The Morgan fingerprint density at radius 1 is 1.59 bits per heavy atom. The van der Waals surface area contributed by atoms with Gasteiger partial charge in [0, 0.05) is 4.88 Å². The fraction of sp³-hybridized carbons (Fsp3) is 0.500. The third kappa shape index (κ3) is 3.58. The summed E-state index contributed by atoms with van der Waals surface area (Å²) in [7, 11) is 0. The zero-order valence-electron chi connectivity index (χ0n) is 9.48. The largest absolute Gasteiger partial charge is 0.389 e. The summed E-state index contributed by atoms with van der Waals surface area (Å²) < 4.78 is 6.96. The molecule has 0 unspecified atom stereocenters. The second-order valence-corrected chi connectivity index (χ2v) is 4.69. The first-order chi connectivity index (χ1) is 8.25. The van der Waals surface area contributed by atoms with E-state index in [9.17, 15) is 5.11 Å². The fourth-order valence-electron chi connectivity index (χ4n) is 1.36. The highest BCUT2D eigenvalue weighted by Crippen LogP contribution is 2.09. The van der Waals surface area contributed by atoms with Gasteiger partial charge in [0.25, 0.3) is 0 Å². The van der Waals surface area contributed by atoms with Crippen molar-refractivity contribution in [3.63, 3.8) is 0 Å². The Hall–Kier alpha value is -1.31. The van der Waals surface area contributed by atoms with E-state index in [0.717, 1.165) is 4.88 Å². The zero-order valence-corrected chi connectivity index (χ0v) is 10.3. The van der Waals surface area contributed by atoms with Gasteiger partial charge in [-0.3, -0.25) is 0 Å². The summed E-state index contributed by atoms with van der Waals surface area (Å²) in [5.41, 5.74) is 0. The zero-order chi connectivity index (χ0) is 12.1. The summed E-state index contributed by atoms with van der Waals surface area (Å²) in [5, 5.41) is 22.7. The molecule has 0 saturated heterocycles. The second-order valence-electron chi connectivity index (χ2n) is 3.66. The number of aryl methyl sites for hydroxylation is 1. The highest BCUT2D eigenvalue weighted by molar-refractivity contribution is 7.09. The Balaban J connectivity index is 1.71. The van der Waals surface area contributed by atoms with Crippen molar-refractivity contribution in [2.24, 2.45) is 0 Å². The van der Waals surface area contributed by atoms with E-state index in [4.69, 9.17) is 4.74 Å². The lowest BCUT2D eigenvalue weighted by Gasteiger charge is -2.10. The fourth-order valence-corrected chi connectivity index (χ4v) is 2.00. The molecule has 0 aliphatic rings. The molecule has 0 amide bonds. The number of aromatic nitrogens is 4. The molecule has 0 aliphatic carbocycles. The van der Waals surface area contributed by atoms with Gasteiger partial charge in [-0.05, 0) is 28.8 Å². The first kappa shape index (κ1) is 12.2. The summed E-state index contributed by atoms with van der Waals surface area (Å²) in [6.45, 7) is 2.95. The Kier molecular flexibility index (Phi) is 4.18. The molecule has 0 saturated carbocycles. The van der Waals surface area contributed by atoms with Crippen molar-refractivity contribution in [3.8, 4) is 0 Å². The SMILES string of the molecule is Cc1nnnn1C[C@@H](O)COCc1cccs1. The van der Waals surface area contributed by atoms with Crippen LogP contribution in [0.15, 0.2) is 17.5 Å². The number of aliphatic hydroxyl groups is 1. The van der Waals surface area contributed by atoms with E-state index in [-0.39, 0.29) is 6.61 Å². The summed E-state index contributed by atoms with van der Waals surface area (Å²) in [4.78, 5) is 1.15. The van der Waals surface area contributed by atoms with Gasteiger partial charge in [-0.2, -0.15) is 0 Å². The van der Waals surface area contributed by atoms with E-state index >= 15 is 0 Å². The number of ether oxygens (including phenoxy) is 1. The summed E-state index contributed by atoms with van der Waals surface area (Å²) in [5.74, 6) is 0.683. The molecule has 2 rings (SSSR count). The van der Waals surface area contributed by atoms with Gasteiger partial charge < -0.3 is 9.84 Å². The maximum absolute atomic E-state index is 9.74. The normalized spacial score (nSPS) is 12.8. The van der Waals surface area contributed by atoms with Crippen LogP contribution < -0.4 is 0 Å². The van der Waals surface area contributed by atoms with Crippen LogP contribution in [-0.2, 0) is 17.9 Å². The highest BCUT2D eigenvalue weighted by Gasteiger charge is 2.09. The van der Waals surface area contributed by atoms with Crippen molar-refractivity contribution in [2.75, 3.05) is 6.61 Å². The van der Waals surface area contributed by atoms with Gasteiger partial charge in [-0.15, -0.1) is 16.4 Å². The van der Waals surface area contributed by atoms with Crippen molar-refractivity contribution in [3.05, 3.63) is 28.2 Å². The first-order valence-electron chi connectivity index (χ1n) is 5.26. The molecule has 0 aliphatic heterocycles. The number of thiophene rings is 1. The molecule has 0 aromatic carbocycles. The minimum absolute atomic E-state index is 0.275. The predicted octanol–water partition coefficient (Wildman–Crippen LogP) is 0.621. The van der Waals surface area contributed by atoms with E-state index < -0.39 is 6.10 Å². The van der Waals surface area contributed by atoms with Crippen molar-refractivity contribution in [1.29, 1.82) is 0 Å². The molecule has 2 aromatic heterocycles. The van der Waals surface area contributed by atoms with Gasteiger partial charge in [-0.25, -0.2) is 4.68 Å². The summed E-state index contributed by atoms with van der Waals surface area (Å²) in [6.07, 6.45) is -0.600. The van der Waals surface area contributed by atoms with Crippen LogP contribution in [0.5, 0.6) is 0 Å². The van der Waals surface area contributed by atoms with Crippen LogP contribution in [0.1, 0.15) is 10.7 Å². The topological polar surface area (TPSA) is 73.1 Å². The molecule has 7 heteroatoms. The van der Waals surface area contributed by atoms with E-state index in [1.807, 2.05) is 17.5 Å². The van der Waals surface area contributed by atoms with E-state index in [1.54, 1.807) is 22.9 Å². The number of tetrazole rings is 1. The standard InChI is InChI=1S/C10H14N4O2S/c1-8-11-12-13-14(8)5-9(15)6-16-7-10-3-2-4-17-10/h2-4,9,15H,5-7H2,1H3/t9-/m1/s1. The minimum Gasteiger partial charge on any atom is -0.389 e. The third-order valence-corrected chi connectivity index (χ3v) is 3.08. The predicted molar refractivity (Wildman–Crippen MR) is 62.5 cm³/mol. The lowest BCUT2D eigenvalue weighted by Crippen LogP contribution is -2.23. The number of nitrogens with zero attached hydrogens (tertiary/aromatic N) is 4. The van der Waals surface area contributed by atoms with Crippen LogP contribution in [0, 0.1) is 6.92 Å². The monoisotopic (exact) mass is 254 g/mol. The van der Waals surface area contributed by atoms with Crippen LogP contribution in [0.4, 0.5) is 0 Å². The van der Waals surface area contributed by atoms with E-state index in [2.05, 4.69) is 15.5 Å². The minimum atomic E-state index is -0.600. The van der Waals surface area contributed by atoms with Crippen molar-refractivity contribution in [2.45, 2.75) is 26.2 Å². The van der Waals surface area contributed by atoms with Gasteiger partial charge in [-0.1, -0.05) is 6.07 Å². The number of hydrogen-bond acceptors (Lipinski definition) is 6. The van der Waals surface area contributed by atoms with Crippen molar-refractivity contribution in [1.82, 2.24) is 20.2 Å². The van der Waals surface area contributed by atoms with E-state index in [0.29, 0.717) is 19.0 Å². The van der Waals surface area contributed by atoms with Gasteiger partial charge in [0.2, 0.25) is 0 Å². The molecule has 17 heavy (non-hydrogen) atoms. The molecule has 1 atom stereocenters. The molecule has 2 heterocycles. The molecule has 0 bridgehead atoms. The molecule has 6 nitrogen and oxygen atoms in total. The van der Waals surface area contributed by atoms with E-state index in [1.165, 1.54) is 0 Å². The Bertz CT molecular complexity index is 443. The van der Waals surface area contributed by atoms with Gasteiger partial charge in [0.15, 0.2) is 0 Å². The smallest absolute Gasteiger partial charge is 0.148 e. The Morgan fingerprint density at radius 2 is 2.47 bits per heavy atom. The van der Waals surface area contributed by atoms with Crippen molar-refractivity contribution < 1.29 is 9.84 Å². The van der Waals surface area contributed by atoms with Crippen LogP contribution in [-0.4, -0.2) is 38.0 Å². The molecule has 0 spiro atoms. The van der Waals surface area contributed by atoms with Crippen LogP contribution in [0.25, 0.3) is 0 Å². The average molecular weight is 254 g/mol. The third-order valence-electron chi connectivity index (χ3n) is 2.23. The Morgan fingerprint density at radius 3 is 3.12 bits per heavy atom. The van der Waals surface area contributed by atoms with Crippen LogP contribution >= 0.6 is 11.3 Å². The lowest BCUT2D eigenvalue weighted by atomic mass is 10.4. The van der Waals surface area contributed by atoms with Crippen LogP contribution in [0.3, 0.4) is 0 Å². The summed E-state index contributed by atoms with van der Waals surface area (Å²) >= 11 is 1.64. The first-order valence-corrected chi connectivity index (χ1v) is 6.14. The Labute approximate surface area is 103 Å². The lowest BCUT2D eigenvalue weighted by molar-refractivity contribution is 0.0190. The number of rotatable bonds is 6. The molecule has 0 radical (unpaired) electrons. The molecular weight excluding hydrogens is 240 g/mol. The molecule has 0 fully saturated rings. The highest BCUT2D eigenvalue weighted by atomic mass is 32.1. The van der Waals surface area contributed by atoms with Gasteiger partial charge in [0.05, 0.1) is 25.9 Å². The van der Waals surface area contributed by atoms with Gasteiger partial charge in [0.1, 0.15) is 5.82 Å². The maximum atomic E-state index is 9.74. The number of aliphatic hydroxyl groups excluding tert-OH is 1. The molecule has 1 N–H and O–H groups in total. The van der Waals surface area contributed by atoms with Crippen molar-refractivity contribution >= 4 is 11.3 Å². The average Bonchev–Trinajstić information content (AvgIpc) is 2.92. The quantitative estimate of drug-likeness (QED) is 0.818. The molecule has 2 aromatic rings. The second kappa shape index (κ2) is 5.85. The van der Waals surface area contributed by atoms with Gasteiger partial charge >= 0.3 is 0 Å². The molecule has 92 valence electrons. The summed E-state index contributed by atoms with van der Waals surface area (Å²) in [6, 6.07) is 3.98. The van der Waals surface area contributed by atoms with Crippen LogP contribution in [0.2, 0.25) is 0 Å². The number of hydrogen-bond donors (Lipinski definition) is 1. The maximum Gasteiger partial charge on any atom is 0.148 e. The molecular formula is C10H14N4O2S.